The summed E-state index contributed by atoms with van der Waals surface area (Å²) in [6, 6.07) is 0.482. The molecule has 1 aliphatic carbocycles. The Balaban J connectivity index is 1.90. The molecule has 114 valence electrons. The van der Waals surface area contributed by atoms with Crippen LogP contribution in [-0.4, -0.2) is 21.0 Å². The summed E-state index contributed by atoms with van der Waals surface area (Å²) >= 11 is 6.32. The van der Waals surface area contributed by atoms with Crippen molar-refractivity contribution in [3.05, 3.63) is 22.6 Å². The van der Waals surface area contributed by atoms with Crippen molar-refractivity contribution in [1.82, 2.24) is 15.0 Å². The van der Waals surface area contributed by atoms with E-state index in [1.54, 1.807) is 6.33 Å². The van der Waals surface area contributed by atoms with Crippen molar-refractivity contribution >= 4 is 39.6 Å². The Morgan fingerprint density at radius 1 is 1.36 bits per heavy atom. The van der Waals surface area contributed by atoms with E-state index in [4.69, 9.17) is 16.0 Å². The van der Waals surface area contributed by atoms with Gasteiger partial charge in [0.1, 0.15) is 11.8 Å². The van der Waals surface area contributed by atoms with Gasteiger partial charge < -0.3 is 9.73 Å². The molecular weight excluding hydrogens is 300 g/mol. The molecule has 1 N–H and O–H groups in total. The van der Waals surface area contributed by atoms with Crippen LogP contribution in [0.4, 0.5) is 5.82 Å². The number of nitrogens with zero attached hydrogens (tertiary/aromatic N) is 3. The standard InChI is InChI=1S/C16H17ClN4O/c1-4-9-5-10(9)21-15-14-13(18-6-19-15)11-7(2)12(17)8(3)20-16(11)22-14/h6,9-10H,4-5H2,1-3H3,(H,18,19,21). The van der Waals surface area contributed by atoms with Crippen LogP contribution in [0.3, 0.4) is 0 Å². The van der Waals surface area contributed by atoms with Gasteiger partial charge in [0, 0.05) is 6.04 Å². The monoisotopic (exact) mass is 316 g/mol. The topological polar surface area (TPSA) is 63.8 Å². The first-order valence-electron chi connectivity index (χ1n) is 7.56. The minimum absolute atomic E-state index is 0.482. The van der Waals surface area contributed by atoms with Crippen molar-refractivity contribution in [3.63, 3.8) is 0 Å². The molecule has 5 nitrogen and oxygen atoms in total. The average Bonchev–Trinajstić information content (AvgIpc) is 3.15. The van der Waals surface area contributed by atoms with Crippen LogP contribution in [0.5, 0.6) is 0 Å². The van der Waals surface area contributed by atoms with Crippen LogP contribution < -0.4 is 5.32 Å². The highest BCUT2D eigenvalue weighted by Crippen LogP contribution is 2.39. The van der Waals surface area contributed by atoms with Gasteiger partial charge in [-0.25, -0.2) is 15.0 Å². The highest BCUT2D eigenvalue weighted by atomic mass is 35.5. The lowest BCUT2D eigenvalue weighted by Gasteiger charge is -2.04. The third kappa shape index (κ3) is 1.96. The van der Waals surface area contributed by atoms with Gasteiger partial charge in [-0.15, -0.1) is 0 Å². The summed E-state index contributed by atoms with van der Waals surface area (Å²) in [5.41, 5.74) is 3.72. The van der Waals surface area contributed by atoms with Gasteiger partial charge in [0.15, 0.2) is 11.4 Å². The predicted molar refractivity (Wildman–Crippen MR) is 87.4 cm³/mol. The number of furan rings is 1. The number of aryl methyl sites for hydroxylation is 2. The smallest absolute Gasteiger partial charge is 0.229 e. The second-order valence-electron chi connectivity index (χ2n) is 5.97. The lowest BCUT2D eigenvalue weighted by atomic mass is 10.1. The summed E-state index contributed by atoms with van der Waals surface area (Å²) in [4.78, 5) is 13.2. The lowest BCUT2D eigenvalue weighted by molar-refractivity contribution is 0.649. The van der Waals surface area contributed by atoms with Crippen molar-refractivity contribution in [2.75, 3.05) is 5.32 Å². The molecule has 1 fully saturated rings. The molecule has 0 radical (unpaired) electrons. The Labute approximate surface area is 133 Å². The van der Waals surface area contributed by atoms with Crippen molar-refractivity contribution in [1.29, 1.82) is 0 Å². The zero-order chi connectivity index (χ0) is 15.4. The maximum absolute atomic E-state index is 6.32. The Bertz CT molecular complexity index is 889. The average molecular weight is 317 g/mol. The minimum atomic E-state index is 0.482. The van der Waals surface area contributed by atoms with Crippen LogP contribution in [0.2, 0.25) is 5.02 Å². The Kier molecular flexibility index (Phi) is 3.01. The zero-order valence-corrected chi connectivity index (χ0v) is 13.5. The Morgan fingerprint density at radius 2 is 2.18 bits per heavy atom. The van der Waals surface area contributed by atoms with E-state index >= 15 is 0 Å². The van der Waals surface area contributed by atoms with E-state index in [9.17, 15) is 0 Å². The molecule has 0 aliphatic heterocycles. The fourth-order valence-corrected chi connectivity index (χ4v) is 3.19. The molecule has 1 saturated carbocycles. The second-order valence-corrected chi connectivity index (χ2v) is 6.35. The molecule has 0 saturated heterocycles. The molecule has 3 aromatic heterocycles. The second kappa shape index (κ2) is 4.81. The molecule has 0 amide bonds. The number of hydrogen-bond acceptors (Lipinski definition) is 5. The van der Waals surface area contributed by atoms with Gasteiger partial charge in [0.2, 0.25) is 5.71 Å². The first-order chi connectivity index (χ1) is 10.6. The molecule has 1 aliphatic rings. The third-order valence-electron chi connectivity index (χ3n) is 4.51. The largest absolute Gasteiger partial charge is 0.432 e. The quantitative estimate of drug-likeness (QED) is 0.782. The van der Waals surface area contributed by atoms with E-state index in [1.165, 1.54) is 12.8 Å². The van der Waals surface area contributed by atoms with Crippen LogP contribution in [-0.2, 0) is 0 Å². The molecule has 22 heavy (non-hydrogen) atoms. The van der Waals surface area contributed by atoms with Crippen molar-refractivity contribution in [3.8, 4) is 0 Å². The number of halogens is 1. The van der Waals surface area contributed by atoms with Crippen LogP contribution in [0.15, 0.2) is 10.7 Å². The summed E-state index contributed by atoms with van der Waals surface area (Å²) in [5, 5.41) is 5.00. The molecule has 3 aromatic rings. The number of nitrogens with one attached hydrogen (secondary N) is 1. The normalized spacial score (nSPS) is 20.7. The van der Waals surface area contributed by atoms with E-state index in [0.29, 0.717) is 22.4 Å². The minimum Gasteiger partial charge on any atom is -0.432 e. The molecule has 3 heterocycles. The number of rotatable bonds is 3. The molecule has 4 rings (SSSR count). The molecule has 0 spiro atoms. The van der Waals surface area contributed by atoms with E-state index in [0.717, 1.165) is 33.9 Å². The molecule has 0 aromatic carbocycles. The Morgan fingerprint density at radius 3 is 2.91 bits per heavy atom. The van der Waals surface area contributed by atoms with Crippen LogP contribution >= 0.6 is 11.6 Å². The van der Waals surface area contributed by atoms with E-state index in [-0.39, 0.29) is 0 Å². The van der Waals surface area contributed by atoms with Gasteiger partial charge >= 0.3 is 0 Å². The molecule has 6 heteroatoms. The van der Waals surface area contributed by atoms with Gasteiger partial charge in [-0.05, 0) is 31.7 Å². The SMILES string of the molecule is CCC1CC1Nc1ncnc2c1oc1nc(C)c(Cl)c(C)c12. The van der Waals surface area contributed by atoms with Gasteiger partial charge in [0.05, 0.1) is 16.1 Å². The number of hydrogen-bond donors (Lipinski definition) is 1. The maximum Gasteiger partial charge on any atom is 0.229 e. The van der Waals surface area contributed by atoms with E-state index < -0.39 is 0 Å². The zero-order valence-electron chi connectivity index (χ0n) is 12.8. The highest BCUT2D eigenvalue weighted by Gasteiger charge is 2.36. The summed E-state index contributed by atoms with van der Waals surface area (Å²) in [6.07, 6.45) is 3.93. The predicted octanol–water partition coefficient (Wildman–Crippen LogP) is 4.25. The lowest BCUT2D eigenvalue weighted by Crippen LogP contribution is -2.06. The summed E-state index contributed by atoms with van der Waals surface area (Å²) in [7, 11) is 0. The third-order valence-corrected chi connectivity index (χ3v) is 5.07. The summed E-state index contributed by atoms with van der Waals surface area (Å²) in [6.45, 7) is 6.06. The van der Waals surface area contributed by atoms with Gasteiger partial charge in [-0.2, -0.15) is 0 Å². The summed E-state index contributed by atoms with van der Waals surface area (Å²) in [5.74, 6) is 1.48. The summed E-state index contributed by atoms with van der Waals surface area (Å²) < 4.78 is 5.94. The van der Waals surface area contributed by atoms with Crippen molar-refractivity contribution < 1.29 is 4.42 Å². The maximum atomic E-state index is 6.32. The van der Waals surface area contributed by atoms with Crippen molar-refractivity contribution in [2.24, 2.45) is 5.92 Å². The first-order valence-corrected chi connectivity index (χ1v) is 7.94. The van der Waals surface area contributed by atoms with E-state index in [2.05, 4.69) is 27.2 Å². The fraction of sp³-hybridized carbons (Fsp3) is 0.438. The van der Waals surface area contributed by atoms with Crippen molar-refractivity contribution in [2.45, 2.75) is 39.7 Å². The molecule has 0 bridgehead atoms. The number of pyridine rings is 1. The van der Waals surface area contributed by atoms with E-state index in [1.807, 2.05) is 13.8 Å². The first kappa shape index (κ1) is 13.8. The number of aromatic nitrogens is 3. The molecule has 2 atom stereocenters. The van der Waals surface area contributed by atoms with Gasteiger partial charge in [-0.3, -0.25) is 0 Å². The fourth-order valence-electron chi connectivity index (χ4n) is 3.05. The number of fused-ring (bicyclic) bond motifs is 3. The van der Waals surface area contributed by atoms with Crippen LogP contribution in [0.1, 0.15) is 31.0 Å². The van der Waals surface area contributed by atoms with Crippen LogP contribution in [0, 0.1) is 19.8 Å². The van der Waals surface area contributed by atoms with Gasteiger partial charge in [0.25, 0.3) is 0 Å². The molecule has 2 unspecified atom stereocenters. The number of anilines is 1. The van der Waals surface area contributed by atoms with Crippen LogP contribution in [0.25, 0.3) is 22.2 Å². The Hall–Kier alpha value is -1.88. The van der Waals surface area contributed by atoms with Gasteiger partial charge in [-0.1, -0.05) is 24.9 Å². The molecular formula is C16H17ClN4O. The highest BCUT2D eigenvalue weighted by molar-refractivity contribution is 6.33.